The number of nitrogens with zero attached hydrogens (tertiary/aromatic N) is 3. The number of hydrogen-bond acceptors (Lipinski definition) is 6. The van der Waals surface area contributed by atoms with Gasteiger partial charge in [0.25, 0.3) is 5.91 Å². The van der Waals surface area contributed by atoms with Gasteiger partial charge in [0.15, 0.2) is 0 Å². The molecule has 1 saturated carbocycles. The topological polar surface area (TPSA) is 78.4 Å². The van der Waals surface area contributed by atoms with E-state index in [9.17, 15) is 9.90 Å². The number of benzene rings is 1. The van der Waals surface area contributed by atoms with Crippen molar-refractivity contribution in [1.82, 2.24) is 14.9 Å². The summed E-state index contributed by atoms with van der Waals surface area (Å²) in [5, 5.41) is 15.5. The van der Waals surface area contributed by atoms with Crippen molar-refractivity contribution < 1.29 is 9.90 Å². The molecule has 34 heavy (non-hydrogen) atoms. The lowest BCUT2D eigenvalue weighted by molar-refractivity contribution is 0.0689. The molecule has 3 heterocycles. The predicted molar refractivity (Wildman–Crippen MR) is 137 cm³/mol. The molecule has 2 aromatic heterocycles. The summed E-state index contributed by atoms with van der Waals surface area (Å²) in [7, 11) is 0. The van der Waals surface area contributed by atoms with Crippen LogP contribution < -0.4 is 5.32 Å². The van der Waals surface area contributed by atoms with E-state index in [-0.39, 0.29) is 12.0 Å². The third-order valence-corrected chi connectivity index (χ3v) is 8.34. The Labute approximate surface area is 205 Å². The Morgan fingerprint density at radius 3 is 2.50 bits per heavy atom. The third kappa shape index (κ3) is 5.26. The molecule has 0 radical (unpaired) electrons. The normalized spacial score (nSPS) is 21.6. The molecule has 1 aromatic carbocycles. The molecular formula is C27H34N4O2S. The summed E-state index contributed by atoms with van der Waals surface area (Å²) in [6.45, 7) is 3.97. The highest BCUT2D eigenvalue weighted by Gasteiger charge is 2.23. The Hall–Kier alpha value is -2.51. The van der Waals surface area contributed by atoms with Crippen LogP contribution in [-0.2, 0) is 6.42 Å². The number of likely N-dealkylation sites (tertiary alicyclic amines) is 1. The fourth-order valence-corrected chi connectivity index (χ4v) is 5.96. The average Bonchev–Trinajstić information content (AvgIpc) is 3.35. The lowest BCUT2D eigenvalue weighted by Crippen LogP contribution is -2.38. The SMILES string of the molecule is CCC1CCN(C(=O)c2ccc(Cc3nc(NC4CCC(O)CC4)c4sccc4n3)cc2)CC1. The van der Waals surface area contributed by atoms with Gasteiger partial charge >= 0.3 is 0 Å². The molecule has 1 aliphatic carbocycles. The van der Waals surface area contributed by atoms with Crippen molar-refractivity contribution in [3.63, 3.8) is 0 Å². The van der Waals surface area contributed by atoms with E-state index in [1.807, 2.05) is 35.2 Å². The number of aromatic nitrogens is 2. The Kier molecular flexibility index (Phi) is 7.11. The molecule has 2 fully saturated rings. The first-order valence-electron chi connectivity index (χ1n) is 12.7. The number of hydrogen-bond donors (Lipinski definition) is 2. The van der Waals surface area contributed by atoms with E-state index < -0.39 is 0 Å². The number of thiophene rings is 1. The van der Waals surface area contributed by atoms with Gasteiger partial charge in [0.05, 0.1) is 16.3 Å². The highest BCUT2D eigenvalue weighted by atomic mass is 32.1. The number of amides is 1. The minimum Gasteiger partial charge on any atom is -0.393 e. The van der Waals surface area contributed by atoms with Gasteiger partial charge in [-0.3, -0.25) is 4.79 Å². The summed E-state index contributed by atoms with van der Waals surface area (Å²) in [5.41, 5.74) is 2.83. The maximum Gasteiger partial charge on any atom is 0.253 e. The zero-order valence-corrected chi connectivity index (χ0v) is 20.7. The average molecular weight is 479 g/mol. The predicted octanol–water partition coefficient (Wildman–Crippen LogP) is 5.26. The largest absolute Gasteiger partial charge is 0.393 e. The molecule has 0 spiro atoms. The van der Waals surface area contributed by atoms with E-state index >= 15 is 0 Å². The van der Waals surface area contributed by atoms with Gasteiger partial charge in [-0.05, 0) is 73.6 Å². The lowest BCUT2D eigenvalue weighted by atomic mass is 9.93. The molecular weight excluding hydrogens is 444 g/mol. The van der Waals surface area contributed by atoms with Crippen LogP contribution in [0.5, 0.6) is 0 Å². The molecule has 0 unspecified atom stereocenters. The number of piperidine rings is 1. The molecule has 1 saturated heterocycles. The molecule has 2 aliphatic rings. The minimum absolute atomic E-state index is 0.140. The van der Waals surface area contributed by atoms with Crippen LogP contribution in [0.3, 0.4) is 0 Å². The van der Waals surface area contributed by atoms with Crippen LogP contribution in [-0.4, -0.2) is 51.1 Å². The second-order valence-corrected chi connectivity index (χ2v) is 10.7. The smallest absolute Gasteiger partial charge is 0.253 e. The first-order chi connectivity index (χ1) is 16.6. The van der Waals surface area contributed by atoms with Crippen molar-refractivity contribution in [2.75, 3.05) is 18.4 Å². The number of aliphatic hydroxyl groups is 1. The number of carbonyl (C=O) groups excluding carboxylic acids is 1. The summed E-state index contributed by atoms with van der Waals surface area (Å²) in [6, 6.07) is 10.3. The van der Waals surface area contributed by atoms with E-state index in [2.05, 4.69) is 17.6 Å². The fraction of sp³-hybridized carbons (Fsp3) is 0.519. The molecule has 7 heteroatoms. The zero-order chi connectivity index (χ0) is 23.5. The Morgan fingerprint density at radius 1 is 1.06 bits per heavy atom. The number of aliphatic hydroxyl groups excluding tert-OH is 1. The molecule has 180 valence electrons. The van der Waals surface area contributed by atoms with Crippen molar-refractivity contribution in [2.24, 2.45) is 5.92 Å². The summed E-state index contributed by atoms with van der Waals surface area (Å²) in [5.74, 6) is 2.58. The van der Waals surface area contributed by atoms with Gasteiger partial charge in [0, 0.05) is 31.1 Å². The molecule has 5 rings (SSSR count). The Balaban J connectivity index is 1.27. The van der Waals surface area contributed by atoms with Gasteiger partial charge in [-0.2, -0.15) is 0 Å². The van der Waals surface area contributed by atoms with Crippen LogP contribution in [0, 0.1) is 5.92 Å². The fourth-order valence-electron chi connectivity index (χ4n) is 5.18. The molecule has 6 nitrogen and oxygen atoms in total. The van der Waals surface area contributed by atoms with Crippen molar-refractivity contribution in [3.05, 3.63) is 52.7 Å². The highest BCUT2D eigenvalue weighted by Crippen LogP contribution is 2.30. The Morgan fingerprint density at radius 2 is 1.79 bits per heavy atom. The van der Waals surface area contributed by atoms with Gasteiger partial charge in [-0.25, -0.2) is 9.97 Å². The molecule has 0 bridgehead atoms. The van der Waals surface area contributed by atoms with Crippen molar-refractivity contribution in [3.8, 4) is 0 Å². The maximum absolute atomic E-state index is 12.9. The van der Waals surface area contributed by atoms with E-state index in [0.29, 0.717) is 12.5 Å². The number of nitrogens with one attached hydrogen (secondary N) is 1. The van der Waals surface area contributed by atoms with E-state index in [1.165, 1.54) is 6.42 Å². The number of carbonyl (C=O) groups is 1. The molecule has 3 aromatic rings. The lowest BCUT2D eigenvalue weighted by Gasteiger charge is -2.31. The van der Waals surface area contributed by atoms with Gasteiger partial charge in [0.2, 0.25) is 0 Å². The van der Waals surface area contributed by atoms with Gasteiger partial charge in [-0.15, -0.1) is 11.3 Å². The van der Waals surface area contributed by atoms with Crippen LogP contribution in [0.15, 0.2) is 35.7 Å². The minimum atomic E-state index is -0.168. The zero-order valence-electron chi connectivity index (χ0n) is 19.9. The Bertz CT molecular complexity index is 1110. The van der Waals surface area contributed by atoms with Gasteiger partial charge in [-0.1, -0.05) is 25.5 Å². The first-order valence-corrected chi connectivity index (χ1v) is 13.5. The van der Waals surface area contributed by atoms with Crippen molar-refractivity contribution in [2.45, 2.75) is 70.4 Å². The second kappa shape index (κ2) is 10.4. The molecule has 2 N–H and O–H groups in total. The summed E-state index contributed by atoms with van der Waals surface area (Å²) >= 11 is 1.66. The van der Waals surface area contributed by atoms with Gasteiger partial charge < -0.3 is 15.3 Å². The van der Waals surface area contributed by atoms with Crippen LogP contribution in [0.4, 0.5) is 5.82 Å². The number of anilines is 1. The number of fused-ring (bicyclic) bond motifs is 1. The molecule has 0 atom stereocenters. The maximum atomic E-state index is 12.9. The van der Waals surface area contributed by atoms with E-state index in [4.69, 9.17) is 9.97 Å². The quantitative estimate of drug-likeness (QED) is 0.505. The second-order valence-electron chi connectivity index (χ2n) is 9.79. The van der Waals surface area contributed by atoms with Crippen LogP contribution in [0.1, 0.15) is 73.6 Å². The number of rotatable bonds is 6. The summed E-state index contributed by atoms with van der Waals surface area (Å²) < 4.78 is 1.09. The standard InChI is InChI=1S/C27H34N4O2S/c1-2-18-11-14-31(15-12-18)27(33)20-5-3-19(4-6-20)17-24-29-23-13-16-34-25(23)26(30-24)28-21-7-9-22(32)10-8-21/h3-6,13,16,18,21-22,32H,2,7-12,14-15,17H2,1H3,(H,28,29,30). The van der Waals surface area contributed by atoms with Crippen molar-refractivity contribution >= 4 is 33.3 Å². The van der Waals surface area contributed by atoms with Crippen LogP contribution in [0.2, 0.25) is 0 Å². The van der Waals surface area contributed by atoms with E-state index in [0.717, 1.165) is 90.5 Å². The van der Waals surface area contributed by atoms with Gasteiger partial charge in [0.1, 0.15) is 11.6 Å². The van der Waals surface area contributed by atoms with Crippen LogP contribution >= 0.6 is 11.3 Å². The molecule has 1 amide bonds. The summed E-state index contributed by atoms with van der Waals surface area (Å²) in [6.07, 6.45) is 7.48. The monoisotopic (exact) mass is 478 g/mol. The highest BCUT2D eigenvalue weighted by molar-refractivity contribution is 7.17. The molecule has 1 aliphatic heterocycles. The summed E-state index contributed by atoms with van der Waals surface area (Å²) in [4.78, 5) is 24.6. The third-order valence-electron chi connectivity index (χ3n) is 7.43. The van der Waals surface area contributed by atoms with Crippen molar-refractivity contribution in [1.29, 1.82) is 0 Å². The first kappa shape index (κ1) is 23.2. The van der Waals surface area contributed by atoms with Crippen LogP contribution in [0.25, 0.3) is 10.2 Å². The van der Waals surface area contributed by atoms with E-state index in [1.54, 1.807) is 11.3 Å².